The second kappa shape index (κ2) is 24.0. The van der Waals surface area contributed by atoms with Gasteiger partial charge in [-0.25, -0.2) is 28.8 Å². The van der Waals surface area contributed by atoms with E-state index in [1.807, 2.05) is 0 Å². The Bertz CT molecular complexity index is 1970. The Labute approximate surface area is 403 Å². The summed E-state index contributed by atoms with van der Waals surface area (Å²) >= 11 is 0. The molecule has 5 heterocycles. The van der Waals surface area contributed by atoms with Gasteiger partial charge in [-0.15, -0.1) is 0 Å². The number of rotatable bonds is 20. The summed E-state index contributed by atoms with van der Waals surface area (Å²) in [5.74, 6) is -12.5. The number of ether oxygens (including phenoxy) is 10. The minimum absolute atomic E-state index is 0.333. The third-order valence-electron chi connectivity index (χ3n) is 11.8. The van der Waals surface area contributed by atoms with Gasteiger partial charge in [-0.3, -0.25) is 0 Å². The van der Waals surface area contributed by atoms with Crippen molar-refractivity contribution < 1.29 is 183 Å². The molecule has 5 fully saturated rings. The van der Waals surface area contributed by atoms with Crippen LogP contribution in [0.3, 0.4) is 0 Å². The predicted octanol–water partition coefficient (Wildman–Crippen LogP) is -13.7. The average molecular weight is 1070 g/mol. The van der Waals surface area contributed by atoms with Gasteiger partial charge in [0.25, 0.3) is 0 Å². The van der Waals surface area contributed by atoms with Crippen molar-refractivity contribution in [2.45, 2.75) is 178 Å². The van der Waals surface area contributed by atoms with E-state index in [1.165, 1.54) is 0 Å². The van der Waals surface area contributed by atoms with Crippen LogP contribution in [0.2, 0.25) is 0 Å². The number of hydrogen-bond donors (Lipinski definition) is 20. The van der Waals surface area contributed by atoms with Crippen molar-refractivity contribution in [1.82, 2.24) is 0 Å². The van der Waals surface area contributed by atoms with Crippen molar-refractivity contribution >= 4 is 42.1 Å². The molecule has 0 aromatic rings. The summed E-state index contributed by atoms with van der Waals surface area (Å²) in [6.45, 7) is 0. The summed E-state index contributed by atoms with van der Waals surface area (Å²) < 4.78 is 51.4. The molecule has 29 atom stereocenters. The Morgan fingerprint density at radius 1 is 0.370 bits per heavy atom. The molecule has 29 unspecified atom stereocenters. The van der Waals surface area contributed by atoms with Crippen LogP contribution in [-0.4, -0.2) is 322 Å². The van der Waals surface area contributed by atoms with Crippen molar-refractivity contribution in [3.8, 4) is 0 Å². The van der Waals surface area contributed by atoms with E-state index >= 15 is 0 Å². The molecule has 0 aliphatic carbocycles. The van der Waals surface area contributed by atoms with Crippen LogP contribution in [0.15, 0.2) is 0 Å². The average Bonchev–Trinajstić information content (AvgIpc) is 3.32. The normalized spacial score (nSPS) is 44.9. The first kappa shape index (κ1) is 59.4. The van der Waals surface area contributed by atoms with Gasteiger partial charge in [-0.05, 0) is 0 Å². The molecule has 37 heteroatoms. The third-order valence-corrected chi connectivity index (χ3v) is 11.8. The van der Waals surface area contributed by atoms with Crippen LogP contribution in [0.4, 0.5) is 0 Å². The van der Waals surface area contributed by atoms with Crippen LogP contribution in [0, 0.1) is 0 Å². The van der Waals surface area contributed by atoms with Gasteiger partial charge < -0.3 is 154 Å². The second-order valence-corrected chi connectivity index (χ2v) is 16.6. The molecule has 5 aliphatic rings. The quantitative estimate of drug-likeness (QED) is 0.0503. The molecule has 73 heavy (non-hydrogen) atoms. The molecule has 20 N–H and O–H groups in total. The lowest BCUT2D eigenvalue weighted by Crippen LogP contribution is -2.69. The van der Waals surface area contributed by atoms with Gasteiger partial charge in [0.1, 0.15) is 110 Å². The summed E-state index contributed by atoms with van der Waals surface area (Å²) in [7, 11) is 0. The smallest absolute Gasteiger partial charge is 0.335 e. The van der Waals surface area contributed by atoms with Gasteiger partial charge in [0.05, 0.1) is 0 Å². The maximum Gasteiger partial charge on any atom is 0.335 e. The molecule has 5 saturated heterocycles. The minimum atomic E-state index is -2.82. The van der Waals surface area contributed by atoms with Gasteiger partial charge in [0.2, 0.25) is 0 Å². The van der Waals surface area contributed by atoms with Crippen molar-refractivity contribution in [1.29, 1.82) is 0 Å². The molecule has 0 radical (unpaired) electrons. The van der Waals surface area contributed by atoms with Gasteiger partial charge in [-0.2, -0.15) is 0 Å². The van der Waals surface area contributed by atoms with E-state index in [1.54, 1.807) is 0 Å². The molecule has 0 aromatic carbocycles. The van der Waals surface area contributed by atoms with Crippen LogP contribution in [0.25, 0.3) is 0 Å². The largest absolute Gasteiger partial charge is 0.479 e. The van der Waals surface area contributed by atoms with Crippen molar-refractivity contribution in [2.75, 3.05) is 0 Å². The Balaban J connectivity index is 1.30. The molecular formula is C36H50O37. The summed E-state index contributed by atoms with van der Waals surface area (Å²) in [5.41, 5.74) is 0. The Morgan fingerprint density at radius 2 is 0.630 bits per heavy atom. The van der Waals surface area contributed by atoms with E-state index < -0.39 is 214 Å². The molecule has 416 valence electrons. The Hall–Kier alpha value is -4.47. The van der Waals surface area contributed by atoms with Crippen LogP contribution in [0.5, 0.6) is 0 Å². The minimum Gasteiger partial charge on any atom is -0.479 e. The zero-order valence-corrected chi connectivity index (χ0v) is 36.2. The summed E-state index contributed by atoms with van der Waals surface area (Å²) in [5, 5.41) is 206. The highest BCUT2D eigenvalue weighted by atomic mass is 16.8. The van der Waals surface area contributed by atoms with Gasteiger partial charge in [-0.1, -0.05) is 0 Å². The molecule has 0 amide bonds. The number of aliphatic hydroxyl groups is 14. The van der Waals surface area contributed by atoms with Crippen molar-refractivity contribution in [3.63, 3.8) is 0 Å². The number of aliphatic hydroxyl groups excluding tert-OH is 14. The summed E-state index contributed by atoms with van der Waals surface area (Å²) in [6, 6.07) is 0. The lowest BCUT2D eigenvalue weighted by atomic mass is 9.95. The fourth-order valence-corrected chi connectivity index (χ4v) is 7.90. The number of hydrogen-bond acceptors (Lipinski definition) is 31. The summed E-state index contributed by atoms with van der Waals surface area (Å²) in [6.07, 6.45) is -73.9. The van der Waals surface area contributed by atoms with Crippen molar-refractivity contribution in [2.24, 2.45) is 0 Å². The highest BCUT2D eigenvalue weighted by Crippen LogP contribution is 2.36. The van der Waals surface area contributed by atoms with Crippen LogP contribution in [0.1, 0.15) is 0 Å². The van der Waals surface area contributed by atoms with E-state index in [2.05, 4.69) is 0 Å². The van der Waals surface area contributed by atoms with E-state index in [-0.39, 0.29) is 6.29 Å². The molecule has 0 spiro atoms. The number of aldehydes is 1. The lowest BCUT2D eigenvalue weighted by Gasteiger charge is -2.48. The van der Waals surface area contributed by atoms with Gasteiger partial charge in [0.15, 0.2) is 74.4 Å². The SMILES string of the molecule is O=CC(O)C(O)C(OC1OC(C(=O)O)C(OC2OC(C(=O)O)C(OC3OC(C(=O)O)C(OC4OC(C(=O)O)C(OC5OC(C(=O)O)C(O)C(O)C5O)C(O)C4O)C(O)C3O)C(O)C2O)C(O)C1O)C(O)C(=O)O. The zero-order valence-electron chi connectivity index (χ0n) is 36.2. The molecule has 0 saturated carbocycles. The standard InChI is InChI=1S/C36H50O37/c37-1-2(38)3(39)16(15(51)26(52)53)64-33-11(47)6(42)18(22(70-33)28(56)57)66-35-13(49)8(44)20(24(72-35)30(60)61)68-36-14(50)9(45)19(25(73-36)31(62)63)67-34-12(48)7(43)17(23(71-34)29(58)59)65-32-10(46)4(40)5(41)21(69-32)27(54)55/h1-25,32-36,38-51H,(H,52,53)(H,54,55)(H,56,57)(H,58,59)(H,60,61)(H,62,63). The fraction of sp³-hybridized carbons (Fsp3) is 0.806. The first-order valence-corrected chi connectivity index (χ1v) is 20.9. The number of aliphatic carboxylic acids is 6. The number of carboxylic acid groups (broad SMARTS) is 6. The Kier molecular flexibility index (Phi) is 19.6. The topological polar surface area (TPSA) is 616 Å². The van der Waals surface area contributed by atoms with Gasteiger partial charge in [0, 0.05) is 0 Å². The molecule has 5 aliphatic heterocycles. The van der Waals surface area contributed by atoms with E-state index in [0.29, 0.717) is 0 Å². The van der Waals surface area contributed by atoms with Crippen LogP contribution < -0.4 is 0 Å². The third kappa shape index (κ3) is 12.3. The van der Waals surface area contributed by atoms with Crippen LogP contribution in [-0.2, 0) is 80.9 Å². The maximum absolute atomic E-state index is 12.5. The number of carboxylic acids is 6. The Morgan fingerprint density at radius 3 is 0.904 bits per heavy atom. The molecule has 37 nitrogen and oxygen atoms in total. The maximum atomic E-state index is 12.5. The highest BCUT2D eigenvalue weighted by molar-refractivity contribution is 5.76. The van der Waals surface area contributed by atoms with Gasteiger partial charge >= 0.3 is 35.8 Å². The van der Waals surface area contributed by atoms with E-state index in [9.17, 15) is 136 Å². The van der Waals surface area contributed by atoms with Crippen LogP contribution >= 0.6 is 0 Å². The number of carbonyl (C=O) groups excluding carboxylic acids is 1. The first-order valence-electron chi connectivity index (χ1n) is 20.9. The first-order chi connectivity index (χ1) is 34.0. The molecule has 0 bridgehead atoms. The predicted molar refractivity (Wildman–Crippen MR) is 204 cm³/mol. The lowest BCUT2D eigenvalue weighted by molar-refractivity contribution is -0.384. The number of carbonyl (C=O) groups is 7. The summed E-state index contributed by atoms with van der Waals surface area (Å²) in [4.78, 5) is 83.4. The molecule has 0 aromatic heterocycles. The van der Waals surface area contributed by atoms with E-state index in [0.717, 1.165) is 0 Å². The highest BCUT2D eigenvalue weighted by Gasteiger charge is 2.60. The fourth-order valence-electron chi connectivity index (χ4n) is 7.90. The molecule has 5 rings (SSSR count). The monoisotopic (exact) mass is 1070 g/mol. The van der Waals surface area contributed by atoms with E-state index in [4.69, 9.17) is 47.4 Å². The zero-order chi connectivity index (χ0) is 55.0. The second-order valence-electron chi connectivity index (χ2n) is 16.6. The molecular weight excluding hydrogens is 1020 g/mol. The van der Waals surface area contributed by atoms with Crippen molar-refractivity contribution in [3.05, 3.63) is 0 Å².